The van der Waals surface area contributed by atoms with Gasteiger partial charge in [0.25, 0.3) is 0 Å². The van der Waals surface area contributed by atoms with Gasteiger partial charge in [0.05, 0.1) is 3.57 Å². The van der Waals surface area contributed by atoms with E-state index in [1.54, 1.807) is 0 Å². The summed E-state index contributed by atoms with van der Waals surface area (Å²) in [6.45, 7) is 6.42. The molecule has 0 fully saturated rings. The second-order valence-electron chi connectivity index (χ2n) is 3.28. The van der Waals surface area contributed by atoms with Crippen LogP contribution in [0.1, 0.15) is 32.4 Å². The van der Waals surface area contributed by atoms with Gasteiger partial charge in [0.15, 0.2) is 11.6 Å². The summed E-state index contributed by atoms with van der Waals surface area (Å²) >= 11 is 2.17. The van der Waals surface area contributed by atoms with Crippen LogP contribution in [0.15, 0.2) is 4.52 Å². The molecule has 0 spiro atoms. The Morgan fingerprint density at radius 1 is 1.42 bits per heavy atom. The lowest BCUT2D eigenvalue weighted by Crippen LogP contribution is -2.02. The van der Waals surface area contributed by atoms with Gasteiger partial charge in [-0.15, -0.1) is 0 Å². The highest BCUT2D eigenvalue weighted by molar-refractivity contribution is 14.1. The molecular weight excluding hydrogens is 267 g/mol. The zero-order valence-corrected chi connectivity index (χ0v) is 9.62. The normalized spacial score (nSPS) is 13.8. The van der Waals surface area contributed by atoms with Crippen LogP contribution in [0.3, 0.4) is 0 Å². The molecule has 1 heterocycles. The van der Waals surface area contributed by atoms with E-state index in [2.05, 4.69) is 48.5 Å². The number of hydrogen-bond acceptors (Lipinski definition) is 3. The lowest BCUT2D eigenvalue weighted by Gasteiger charge is -2.11. The van der Waals surface area contributed by atoms with Crippen LogP contribution in [-0.4, -0.2) is 5.16 Å². The first-order valence-corrected chi connectivity index (χ1v) is 5.02. The van der Waals surface area contributed by atoms with Gasteiger partial charge >= 0.3 is 0 Å². The van der Waals surface area contributed by atoms with Crippen LogP contribution >= 0.6 is 22.6 Å². The van der Waals surface area contributed by atoms with Gasteiger partial charge in [0.2, 0.25) is 0 Å². The van der Waals surface area contributed by atoms with Crippen molar-refractivity contribution in [2.45, 2.75) is 26.7 Å². The SMILES string of the molecule is CC(C)C(C)c1onc(N)c1I. The Balaban J connectivity index is 2.95. The third kappa shape index (κ3) is 1.73. The molecule has 0 aliphatic heterocycles. The Hall–Kier alpha value is -0.260. The summed E-state index contributed by atoms with van der Waals surface area (Å²) in [7, 11) is 0. The van der Waals surface area contributed by atoms with Crippen LogP contribution in [0, 0.1) is 9.49 Å². The van der Waals surface area contributed by atoms with Gasteiger partial charge < -0.3 is 10.3 Å². The van der Waals surface area contributed by atoms with Crippen LogP contribution in [0.2, 0.25) is 0 Å². The molecular formula is C8H13IN2O. The number of nitrogens with zero attached hydrogens (tertiary/aromatic N) is 1. The summed E-state index contributed by atoms with van der Waals surface area (Å²) in [6.07, 6.45) is 0. The Kier molecular flexibility index (Phi) is 2.98. The van der Waals surface area contributed by atoms with Crippen molar-refractivity contribution in [1.82, 2.24) is 5.16 Å². The molecule has 1 aromatic rings. The van der Waals surface area contributed by atoms with E-state index in [9.17, 15) is 0 Å². The fraction of sp³-hybridized carbons (Fsp3) is 0.625. The second-order valence-corrected chi connectivity index (χ2v) is 4.36. The van der Waals surface area contributed by atoms with Crippen LogP contribution in [-0.2, 0) is 0 Å². The number of nitrogens with two attached hydrogens (primary N) is 1. The largest absolute Gasteiger partial charge is 0.380 e. The average Bonchev–Trinajstić information content (AvgIpc) is 2.32. The summed E-state index contributed by atoms with van der Waals surface area (Å²) in [5.41, 5.74) is 5.57. The van der Waals surface area contributed by atoms with Crippen LogP contribution in [0.5, 0.6) is 0 Å². The van der Waals surface area contributed by atoms with E-state index in [0.29, 0.717) is 17.7 Å². The number of anilines is 1. The van der Waals surface area contributed by atoms with Crippen molar-refractivity contribution in [3.05, 3.63) is 9.33 Å². The smallest absolute Gasteiger partial charge is 0.180 e. The van der Waals surface area contributed by atoms with Crippen LogP contribution < -0.4 is 5.73 Å². The highest BCUT2D eigenvalue weighted by atomic mass is 127. The van der Waals surface area contributed by atoms with Crippen molar-refractivity contribution < 1.29 is 4.52 Å². The minimum absolute atomic E-state index is 0.377. The van der Waals surface area contributed by atoms with Gasteiger partial charge in [-0.3, -0.25) is 0 Å². The van der Waals surface area contributed by atoms with Gasteiger partial charge in [0.1, 0.15) is 0 Å². The van der Waals surface area contributed by atoms with Gasteiger partial charge in [-0.1, -0.05) is 25.9 Å². The molecule has 0 saturated carbocycles. The molecule has 0 aliphatic rings. The summed E-state index contributed by atoms with van der Waals surface area (Å²) in [4.78, 5) is 0. The first kappa shape index (κ1) is 9.83. The van der Waals surface area contributed by atoms with Crippen molar-refractivity contribution in [3.8, 4) is 0 Å². The fourth-order valence-electron chi connectivity index (χ4n) is 0.890. The van der Waals surface area contributed by atoms with E-state index >= 15 is 0 Å². The highest BCUT2D eigenvalue weighted by Gasteiger charge is 2.19. The molecule has 0 aliphatic carbocycles. The van der Waals surface area contributed by atoms with Crippen LogP contribution in [0.4, 0.5) is 5.82 Å². The van der Waals surface area contributed by atoms with Gasteiger partial charge in [-0.25, -0.2) is 0 Å². The van der Waals surface area contributed by atoms with Crippen molar-refractivity contribution in [3.63, 3.8) is 0 Å². The minimum atomic E-state index is 0.377. The molecule has 0 bridgehead atoms. The number of nitrogen functional groups attached to an aromatic ring is 1. The zero-order chi connectivity index (χ0) is 9.30. The molecule has 1 aromatic heterocycles. The summed E-state index contributed by atoms with van der Waals surface area (Å²) < 4.78 is 6.09. The monoisotopic (exact) mass is 280 g/mol. The zero-order valence-electron chi connectivity index (χ0n) is 7.47. The summed E-state index contributed by atoms with van der Waals surface area (Å²) in [5, 5.41) is 3.71. The maximum atomic E-state index is 5.57. The Labute approximate surface area is 85.8 Å². The Morgan fingerprint density at radius 2 is 2.00 bits per heavy atom. The van der Waals surface area contributed by atoms with Crippen molar-refractivity contribution >= 4 is 28.4 Å². The topological polar surface area (TPSA) is 52.0 Å². The lowest BCUT2D eigenvalue weighted by molar-refractivity contribution is 0.339. The molecule has 1 atom stereocenters. The summed E-state index contributed by atoms with van der Waals surface area (Å²) in [5.74, 6) is 2.33. The van der Waals surface area contributed by atoms with Crippen molar-refractivity contribution in [1.29, 1.82) is 0 Å². The standard InChI is InChI=1S/C8H13IN2O/c1-4(2)5(3)7-6(9)8(10)11-12-7/h4-5H,1-3H3,(H2,10,11). The number of hydrogen-bond donors (Lipinski definition) is 1. The van der Waals surface area contributed by atoms with E-state index < -0.39 is 0 Å². The quantitative estimate of drug-likeness (QED) is 0.847. The number of halogens is 1. The highest BCUT2D eigenvalue weighted by Crippen LogP contribution is 2.30. The van der Waals surface area contributed by atoms with E-state index in [1.807, 2.05) is 0 Å². The minimum Gasteiger partial charge on any atom is -0.380 e. The Bertz CT molecular complexity index is 270. The molecule has 0 amide bonds. The predicted octanol–water partition coefficient (Wildman–Crippen LogP) is 2.62. The molecule has 1 rings (SSSR count). The van der Waals surface area contributed by atoms with E-state index in [0.717, 1.165) is 9.33 Å². The second kappa shape index (κ2) is 3.64. The molecule has 12 heavy (non-hydrogen) atoms. The van der Waals surface area contributed by atoms with E-state index in [4.69, 9.17) is 10.3 Å². The molecule has 0 aromatic carbocycles. The first-order valence-electron chi connectivity index (χ1n) is 3.94. The van der Waals surface area contributed by atoms with Gasteiger partial charge in [0, 0.05) is 5.92 Å². The summed E-state index contributed by atoms with van der Waals surface area (Å²) in [6, 6.07) is 0. The third-order valence-corrected chi connectivity index (χ3v) is 3.18. The molecule has 0 radical (unpaired) electrons. The lowest BCUT2D eigenvalue weighted by atomic mass is 9.96. The average molecular weight is 280 g/mol. The van der Waals surface area contributed by atoms with E-state index in [1.165, 1.54) is 0 Å². The van der Waals surface area contributed by atoms with E-state index in [-0.39, 0.29) is 0 Å². The first-order chi connectivity index (χ1) is 5.54. The predicted molar refractivity (Wildman–Crippen MR) is 56.9 cm³/mol. The molecule has 68 valence electrons. The molecule has 1 unspecified atom stereocenters. The third-order valence-electron chi connectivity index (χ3n) is 2.10. The molecule has 2 N–H and O–H groups in total. The van der Waals surface area contributed by atoms with Gasteiger partial charge in [-0.2, -0.15) is 0 Å². The van der Waals surface area contributed by atoms with Crippen LogP contribution in [0.25, 0.3) is 0 Å². The maximum Gasteiger partial charge on any atom is 0.180 e. The molecule has 0 saturated heterocycles. The molecule has 3 nitrogen and oxygen atoms in total. The van der Waals surface area contributed by atoms with Gasteiger partial charge in [-0.05, 0) is 28.5 Å². The fourth-order valence-corrected chi connectivity index (χ4v) is 1.58. The molecule has 4 heteroatoms. The van der Waals surface area contributed by atoms with Crippen molar-refractivity contribution in [2.75, 3.05) is 5.73 Å². The Morgan fingerprint density at radius 3 is 2.33 bits per heavy atom. The number of aromatic nitrogens is 1. The number of rotatable bonds is 2. The van der Waals surface area contributed by atoms with Crippen molar-refractivity contribution in [2.24, 2.45) is 5.92 Å². The maximum absolute atomic E-state index is 5.57.